The molecule has 3 aromatic rings. The summed E-state index contributed by atoms with van der Waals surface area (Å²) in [6, 6.07) is 16.9. The number of aromatic hydroxyl groups is 1. The molecule has 3 aromatic carbocycles. The molecule has 0 saturated carbocycles. The molecule has 2 aliphatic rings. The van der Waals surface area contributed by atoms with Crippen LogP contribution < -0.4 is 9.62 Å². The van der Waals surface area contributed by atoms with Crippen molar-refractivity contribution in [1.29, 1.82) is 5.26 Å². The molecule has 2 bridgehead atoms. The van der Waals surface area contributed by atoms with Gasteiger partial charge in [-0.15, -0.1) is 0 Å². The second-order valence-electron chi connectivity index (χ2n) is 11.2. The summed E-state index contributed by atoms with van der Waals surface area (Å²) in [6.07, 6.45) is -4.25. The molecule has 2 aliphatic heterocycles. The molecule has 3 atom stereocenters. The number of fused-ring (bicyclic) bond motifs is 2. The number of nitrogens with one attached hydrogen (secondary N) is 1. The van der Waals surface area contributed by atoms with E-state index in [1.165, 1.54) is 12.1 Å². The third-order valence-corrected chi connectivity index (χ3v) is 11.4. The van der Waals surface area contributed by atoms with Crippen molar-refractivity contribution in [1.82, 2.24) is 0 Å². The molecular formula is C33H31F4N3O5SSe. The van der Waals surface area contributed by atoms with Crippen molar-refractivity contribution in [2.24, 2.45) is 0 Å². The van der Waals surface area contributed by atoms with Gasteiger partial charge in [0.05, 0.1) is 11.8 Å². The number of hydrogen-bond donors (Lipinski definition) is 2. The molecule has 1 amide bonds. The molecule has 2 N–H and O–H groups in total. The Balaban J connectivity index is 1.44. The molecule has 5 rings (SSSR count). The number of amides is 1. The average molecular weight is 737 g/mol. The summed E-state index contributed by atoms with van der Waals surface area (Å²) in [4.78, 5) is 14.6. The monoisotopic (exact) mass is 737 g/mol. The average Bonchev–Trinajstić information content (AvgIpc) is 3.62. The van der Waals surface area contributed by atoms with E-state index in [1.807, 2.05) is 0 Å². The van der Waals surface area contributed by atoms with Crippen molar-refractivity contribution in [2.45, 2.75) is 61.1 Å². The first-order valence-electron chi connectivity index (χ1n) is 14.8. The molecule has 0 radical (unpaired) electrons. The molecule has 47 heavy (non-hydrogen) atoms. The van der Waals surface area contributed by atoms with E-state index in [1.54, 1.807) is 36.4 Å². The van der Waals surface area contributed by atoms with Crippen molar-refractivity contribution in [3.63, 3.8) is 0 Å². The molecule has 14 heteroatoms. The summed E-state index contributed by atoms with van der Waals surface area (Å²) in [5.41, 5.74) is 2.36. The van der Waals surface area contributed by atoms with Crippen LogP contribution in [0.15, 0.2) is 72.8 Å². The number of halogens is 4. The van der Waals surface area contributed by atoms with Gasteiger partial charge < -0.3 is 9.84 Å². The zero-order valence-electron chi connectivity index (χ0n) is 24.9. The van der Waals surface area contributed by atoms with Crippen molar-refractivity contribution in [3.05, 3.63) is 89.7 Å². The first kappa shape index (κ1) is 34.4. The summed E-state index contributed by atoms with van der Waals surface area (Å²) in [5, 5.41) is 20.8. The predicted octanol–water partition coefficient (Wildman–Crippen LogP) is 6.48. The molecule has 1 saturated heterocycles. The number of unbranched alkanes of at least 4 members (excludes halogenated alkanes) is 2. The number of alkyl halides is 3. The zero-order chi connectivity index (χ0) is 33.8. The van der Waals surface area contributed by atoms with Crippen LogP contribution in [0.5, 0.6) is 5.75 Å². The summed E-state index contributed by atoms with van der Waals surface area (Å²) in [5.74, 6) is -1.04. The minimum absolute atomic E-state index is 0.0152. The summed E-state index contributed by atoms with van der Waals surface area (Å²) in [7, 11) is -4.75. The van der Waals surface area contributed by atoms with Crippen molar-refractivity contribution < 1.29 is 40.6 Å². The van der Waals surface area contributed by atoms with Gasteiger partial charge in [0.1, 0.15) is 29.5 Å². The fourth-order valence-electron chi connectivity index (χ4n) is 5.93. The Bertz CT molecular complexity index is 1780. The number of benzene rings is 3. The Kier molecular flexibility index (Phi) is 10.6. The van der Waals surface area contributed by atoms with Crippen LogP contribution >= 0.6 is 0 Å². The number of nitrogens with zero attached hydrogens (tertiary/aromatic N) is 2. The van der Waals surface area contributed by atoms with E-state index in [0.717, 1.165) is 42.4 Å². The van der Waals surface area contributed by atoms with Gasteiger partial charge in [0.2, 0.25) is 10.0 Å². The maximum absolute atomic E-state index is 14.1. The van der Waals surface area contributed by atoms with Gasteiger partial charge in [-0.05, 0) is 47.9 Å². The number of hydrogen-bond acceptors (Lipinski definition) is 6. The Hall–Kier alpha value is -3.89. The Morgan fingerprint density at radius 2 is 1.70 bits per heavy atom. The number of carbonyl (C=O) groups excluding carboxylic acids is 1. The predicted molar refractivity (Wildman–Crippen MR) is 170 cm³/mol. The fraction of sp³-hybridized carbons (Fsp3) is 0.333. The van der Waals surface area contributed by atoms with Crippen molar-refractivity contribution in [3.8, 4) is 10.7 Å². The molecule has 0 spiro atoms. The molecule has 3 unspecified atom stereocenters. The third kappa shape index (κ3) is 8.16. The van der Waals surface area contributed by atoms with E-state index < -0.39 is 51.7 Å². The topological polar surface area (TPSA) is 120 Å². The number of phenols is 1. The van der Waals surface area contributed by atoms with Crippen LogP contribution in [-0.2, 0) is 19.6 Å². The van der Waals surface area contributed by atoms with E-state index in [9.17, 15) is 35.9 Å². The Morgan fingerprint density at radius 3 is 2.36 bits per heavy atom. The molecule has 248 valence electrons. The normalized spacial score (nSPS) is 19.1. The van der Waals surface area contributed by atoms with Crippen LogP contribution in [0.3, 0.4) is 0 Å². The van der Waals surface area contributed by atoms with Gasteiger partial charge in [-0.1, -0.05) is 18.2 Å². The first-order valence-corrected chi connectivity index (χ1v) is 18.4. The third-order valence-electron chi connectivity index (χ3n) is 7.97. The maximum atomic E-state index is 14.1. The Morgan fingerprint density at radius 1 is 1.02 bits per heavy atom. The van der Waals surface area contributed by atoms with Gasteiger partial charge in [0.15, 0.2) is 0 Å². The molecule has 2 heterocycles. The zero-order valence-corrected chi connectivity index (χ0v) is 27.4. The van der Waals surface area contributed by atoms with Crippen molar-refractivity contribution >= 4 is 53.4 Å². The molecule has 1 fully saturated rings. The number of nitriles is 1. The SMILES string of the molecule is N#C[Se]CCCCCC(=O)Nc1ccc(C2=C(c3ccc(O)cc3)C3CC(S(=O)(=O)N(CC(F)(F)F)c4cccc(F)c4)C2O3)cc1. The van der Waals surface area contributed by atoms with Crippen LogP contribution in [-0.4, -0.2) is 64.6 Å². The van der Waals surface area contributed by atoms with Gasteiger partial charge >= 0.3 is 119 Å². The molecular weight excluding hydrogens is 705 g/mol. The molecule has 0 aromatic heterocycles. The van der Waals surface area contributed by atoms with Crippen LogP contribution in [0.4, 0.5) is 28.9 Å². The first-order chi connectivity index (χ1) is 22.4. The number of sulfonamides is 1. The van der Waals surface area contributed by atoms with Crippen LogP contribution in [0, 0.1) is 16.0 Å². The summed E-state index contributed by atoms with van der Waals surface area (Å²) in [6.45, 7) is -1.84. The molecule has 8 nitrogen and oxygen atoms in total. The van der Waals surface area contributed by atoms with Gasteiger partial charge in [-0.25, -0.2) is 12.8 Å². The number of ether oxygens (including phenoxy) is 1. The minimum atomic E-state index is -4.91. The Labute approximate surface area is 276 Å². The van der Waals surface area contributed by atoms with Gasteiger partial charge in [0.25, 0.3) is 0 Å². The quantitative estimate of drug-likeness (QED) is 0.118. The molecule has 0 aliphatic carbocycles. The van der Waals surface area contributed by atoms with Crippen LogP contribution in [0.25, 0.3) is 11.1 Å². The standard InChI is InChI=1S/C33H31F4N3O5SSe/c34-23-5-4-6-25(17-23)40(19-33(35,36)37)46(43,44)28-18-27-30(21-10-14-26(41)15-11-21)31(32(28)45-27)22-8-12-24(13-9-22)39-29(42)7-2-1-3-16-47-20-38/h4-6,8-15,17,27-28,32,41H,1-3,7,16,18-19H2,(H,39,42). The second-order valence-corrected chi connectivity index (χ2v) is 15.1. The van der Waals surface area contributed by atoms with Gasteiger partial charge in [-0.2, -0.15) is 13.2 Å². The van der Waals surface area contributed by atoms with E-state index in [2.05, 4.69) is 10.3 Å². The van der Waals surface area contributed by atoms with E-state index >= 15 is 0 Å². The van der Waals surface area contributed by atoms with E-state index in [0.29, 0.717) is 40.8 Å². The summed E-state index contributed by atoms with van der Waals surface area (Å²) < 4.78 is 89.6. The van der Waals surface area contributed by atoms with Gasteiger partial charge in [0, 0.05) is 0 Å². The number of phenolic OH excluding ortho intramolecular Hbond substituents is 1. The summed E-state index contributed by atoms with van der Waals surface area (Å²) >= 11 is -0.0284. The van der Waals surface area contributed by atoms with Crippen LogP contribution in [0.2, 0.25) is 5.32 Å². The number of carbonyl (C=O) groups is 1. The van der Waals surface area contributed by atoms with Gasteiger partial charge in [-0.3, -0.25) is 4.31 Å². The van der Waals surface area contributed by atoms with E-state index in [-0.39, 0.29) is 37.3 Å². The van der Waals surface area contributed by atoms with Crippen LogP contribution in [0.1, 0.15) is 43.2 Å². The van der Waals surface area contributed by atoms with Crippen molar-refractivity contribution in [2.75, 3.05) is 16.2 Å². The second kappa shape index (κ2) is 14.5. The fourth-order valence-corrected chi connectivity index (χ4v) is 8.84. The van der Waals surface area contributed by atoms with E-state index in [4.69, 9.17) is 10.00 Å². The number of rotatable bonds is 13. The number of anilines is 2.